The van der Waals surface area contributed by atoms with Crippen molar-refractivity contribution in [1.82, 2.24) is 0 Å². The molecule has 0 unspecified atom stereocenters. The molecule has 4 nitrogen and oxygen atoms in total. The summed E-state index contributed by atoms with van der Waals surface area (Å²) in [5.41, 5.74) is 0.528. The predicted octanol–water partition coefficient (Wildman–Crippen LogP) is 4.06. The molecule has 24 heavy (non-hydrogen) atoms. The molecule has 0 saturated heterocycles. The van der Waals surface area contributed by atoms with Crippen LogP contribution in [0.5, 0.6) is 11.5 Å². The van der Waals surface area contributed by atoms with Gasteiger partial charge in [0.1, 0.15) is 11.5 Å². The molecule has 0 radical (unpaired) electrons. The Kier molecular flexibility index (Phi) is 3.35. The fraction of sp³-hybridized carbons (Fsp3) is 0. The van der Waals surface area contributed by atoms with Crippen LogP contribution in [0.3, 0.4) is 0 Å². The largest absolute Gasteiger partial charge is 0.457 e. The first-order chi connectivity index (χ1) is 11.7. The summed E-state index contributed by atoms with van der Waals surface area (Å²) in [4.78, 5) is 24.5. The summed E-state index contributed by atoms with van der Waals surface area (Å²) in [6, 6.07) is 20.8. The zero-order chi connectivity index (χ0) is 16.5. The Hall–Kier alpha value is -3.40. The third kappa shape index (κ3) is 2.44. The van der Waals surface area contributed by atoms with Gasteiger partial charge in [0, 0.05) is 17.5 Å². The minimum Gasteiger partial charge on any atom is -0.457 e. The monoisotopic (exact) mass is 315 g/mol. The molecule has 116 valence electrons. The molecule has 0 aliphatic carbocycles. The number of benzene rings is 3. The van der Waals surface area contributed by atoms with Crippen molar-refractivity contribution in [2.75, 3.05) is 4.90 Å². The van der Waals surface area contributed by atoms with Crippen LogP contribution in [0.4, 0.5) is 5.69 Å². The normalized spacial score (nSPS) is 13.8. The number of rotatable bonds is 3. The second-order valence-corrected chi connectivity index (χ2v) is 5.42. The van der Waals surface area contributed by atoms with Gasteiger partial charge in [-0.2, -0.15) is 0 Å². The number of amides is 2. The Morgan fingerprint density at radius 1 is 0.708 bits per heavy atom. The lowest BCUT2D eigenvalue weighted by Gasteiger charge is -2.14. The maximum Gasteiger partial charge on any atom is 0.258 e. The van der Waals surface area contributed by atoms with Gasteiger partial charge in [-0.3, -0.25) is 9.59 Å². The van der Waals surface area contributed by atoms with E-state index in [-0.39, 0.29) is 11.8 Å². The SMILES string of the molecule is O=C1C=CC(=O)N1c1ccc(Oc2cccc3ccccc23)cc1. The average Bonchev–Trinajstić information content (AvgIpc) is 2.95. The van der Waals surface area contributed by atoms with Crippen LogP contribution < -0.4 is 9.64 Å². The van der Waals surface area contributed by atoms with Crippen molar-refractivity contribution in [2.24, 2.45) is 0 Å². The van der Waals surface area contributed by atoms with Crippen molar-refractivity contribution in [1.29, 1.82) is 0 Å². The van der Waals surface area contributed by atoms with Gasteiger partial charge in [-0.1, -0.05) is 36.4 Å². The zero-order valence-corrected chi connectivity index (χ0v) is 12.7. The van der Waals surface area contributed by atoms with Crippen molar-refractivity contribution in [2.45, 2.75) is 0 Å². The first-order valence-electron chi connectivity index (χ1n) is 7.54. The molecule has 3 aromatic carbocycles. The van der Waals surface area contributed by atoms with Crippen LogP contribution in [0.2, 0.25) is 0 Å². The first-order valence-corrected chi connectivity index (χ1v) is 7.54. The standard InChI is InChI=1S/C20H13NO3/c22-19-12-13-20(23)21(19)15-8-10-16(11-9-15)24-18-7-3-5-14-4-1-2-6-17(14)18/h1-13H. The Balaban J connectivity index is 1.62. The van der Waals surface area contributed by atoms with E-state index in [1.54, 1.807) is 24.3 Å². The maximum absolute atomic E-state index is 11.7. The van der Waals surface area contributed by atoms with E-state index in [1.165, 1.54) is 12.2 Å². The van der Waals surface area contributed by atoms with Crippen LogP contribution in [0.15, 0.2) is 78.9 Å². The highest BCUT2D eigenvalue weighted by Gasteiger charge is 2.24. The molecule has 1 aliphatic rings. The number of fused-ring (bicyclic) bond motifs is 1. The highest BCUT2D eigenvalue weighted by Crippen LogP contribution is 2.31. The van der Waals surface area contributed by atoms with E-state index in [2.05, 4.69) is 0 Å². The van der Waals surface area contributed by atoms with Gasteiger partial charge >= 0.3 is 0 Å². The summed E-state index contributed by atoms with van der Waals surface area (Å²) in [5.74, 6) is 0.739. The Labute approximate surface area is 138 Å². The maximum atomic E-state index is 11.7. The number of nitrogens with zero attached hydrogens (tertiary/aromatic N) is 1. The van der Waals surface area contributed by atoms with Gasteiger partial charge in [-0.15, -0.1) is 0 Å². The van der Waals surface area contributed by atoms with Crippen LogP contribution in [0.25, 0.3) is 10.8 Å². The Morgan fingerprint density at radius 2 is 1.38 bits per heavy atom. The summed E-state index contributed by atoms with van der Waals surface area (Å²) in [7, 11) is 0. The summed E-state index contributed by atoms with van der Waals surface area (Å²) in [6.45, 7) is 0. The molecule has 2 amide bonds. The van der Waals surface area contributed by atoms with Gasteiger partial charge in [0.2, 0.25) is 0 Å². The fourth-order valence-electron chi connectivity index (χ4n) is 2.73. The van der Waals surface area contributed by atoms with Gasteiger partial charge in [0.25, 0.3) is 11.8 Å². The first kappa shape index (κ1) is 14.2. The number of ether oxygens (including phenoxy) is 1. The topological polar surface area (TPSA) is 46.6 Å². The molecular formula is C20H13NO3. The van der Waals surface area contributed by atoms with E-state index < -0.39 is 0 Å². The fourth-order valence-corrected chi connectivity index (χ4v) is 2.73. The molecule has 1 heterocycles. The van der Waals surface area contributed by atoms with Crippen LogP contribution in [-0.2, 0) is 9.59 Å². The molecular weight excluding hydrogens is 302 g/mol. The van der Waals surface area contributed by atoms with E-state index >= 15 is 0 Å². The van der Waals surface area contributed by atoms with Crippen molar-refractivity contribution in [3.63, 3.8) is 0 Å². The quantitative estimate of drug-likeness (QED) is 0.685. The Bertz CT molecular complexity index is 950. The molecule has 3 aromatic rings. The van der Waals surface area contributed by atoms with Gasteiger partial charge in [0.15, 0.2) is 0 Å². The molecule has 0 spiro atoms. The summed E-state index contributed by atoms with van der Waals surface area (Å²) >= 11 is 0. The van der Waals surface area contributed by atoms with E-state index in [9.17, 15) is 9.59 Å². The van der Waals surface area contributed by atoms with Crippen molar-refractivity contribution < 1.29 is 14.3 Å². The second-order valence-electron chi connectivity index (χ2n) is 5.42. The van der Waals surface area contributed by atoms with Crippen LogP contribution in [-0.4, -0.2) is 11.8 Å². The molecule has 4 rings (SSSR count). The van der Waals surface area contributed by atoms with E-state index in [4.69, 9.17) is 4.74 Å². The highest BCUT2D eigenvalue weighted by atomic mass is 16.5. The number of carbonyl (C=O) groups excluding carboxylic acids is 2. The average molecular weight is 315 g/mol. The van der Waals surface area contributed by atoms with Crippen LogP contribution in [0, 0.1) is 0 Å². The van der Waals surface area contributed by atoms with E-state index in [1.807, 2.05) is 42.5 Å². The lowest BCUT2D eigenvalue weighted by Crippen LogP contribution is -2.29. The van der Waals surface area contributed by atoms with Gasteiger partial charge < -0.3 is 4.74 Å². The third-order valence-electron chi connectivity index (χ3n) is 3.88. The second kappa shape index (κ2) is 5.66. The molecule has 0 saturated carbocycles. The lowest BCUT2D eigenvalue weighted by molar-refractivity contribution is -0.119. The van der Waals surface area contributed by atoms with Crippen LogP contribution >= 0.6 is 0 Å². The van der Waals surface area contributed by atoms with E-state index in [0.29, 0.717) is 11.4 Å². The molecule has 0 atom stereocenters. The van der Waals surface area contributed by atoms with Gasteiger partial charge in [0.05, 0.1) is 5.69 Å². The number of imide groups is 1. The Morgan fingerprint density at radius 3 is 2.12 bits per heavy atom. The minimum absolute atomic E-state index is 0.331. The molecule has 0 aromatic heterocycles. The van der Waals surface area contributed by atoms with Crippen molar-refractivity contribution in [3.05, 3.63) is 78.9 Å². The lowest BCUT2D eigenvalue weighted by atomic mass is 10.1. The van der Waals surface area contributed by atoms with Crippen molar-refractivity contribution >= 4 is 28.3 Å². The molecule has 4 heteroatoms. The predicted molar refractivity (Wildman–Crippen MR) is 92.1 cm³/mol. The molecule has 0 N–H and O–H groups in total. The van der Waals surface area contributed by atoms with Crippen molar-refractivity contribution in [3.8, 4) is 11.5 Å². The minimum atomic E-state index is -0.331. The smallest absolute Gasteiger partial charge is 0.258 e. The number of anilines is 1. The number of hydrogen-bond acceptors (Lipinski definition) is 3. The van der Waals surface area contributed by atoms with Gasteiger partial charge in [-0.05, 0) is 35.7 Å². The third-order valence-corrected chi connectivity index (χ3v) is 3.88. The summed E-state index contributed by atoms with van der Waals surface area (Å²) < 4.78 is 5.96. The zero-order valence-electron chi connectivity index (χ0n) is 12.7. The number of hydrogen-bond donors (Lipinski definition) is 0. The molecule has 0 bridgehead atoms. The summed E-state index contributed by atoms with van der Waals surface area (Å²) in [5, 5.41) is 2.13. The highest BCUT2D eigenvalue weighted by molar-refractivity contribution is 6.28. The molecule has 0 fully saturated rings. The summed E-state index contributed by atoms with van der Waals surface area (Å²) in [6.07, 6.45) is 2.53. The van der Waals surface area contributed by atoms with Gasteiger partial charge in [-0.25, -0.2) is 4.90 Å². The van der Waals surface area contributed by atoms with Crippen LogP contribution in [0.1, 0.15) is 0 Å². The number of carbonyl (C=O) groups is 2. The van der Waals surface area contributed by atoms with E-state index in [0.717, 1.165) is 21.4 Å². The molecule has 1 aliphatic heterocycles.